The molecular weight excluding hydrogens is 208 g/mol. The van der Waals surface area contributed by atoms with Gasteiger partial charge in [0.2, 0.25) is 0 Å². The van der Waals surface area contributed by atoms with E-state index in [1.165, 1.54) is 16.8 Å². The van der Waals surface area contributed by atoms with Crippen LogP contribution in [0.3, 0.4) is 0 Å². The Hall–Kier alpha value is -1.26. The first-order valence-electron chi connectivity index (χ1n) is 4.68. The Labute approximate surface area is 92.5 Å². The van der Waals surface area contributed by atoms with Gasteiger partial charge in [0, 0.05) is 27.7 Å². The fraction of sp³-hybridized carbons (Fsp3) is 0.273. The maximum absolute atomic E-state index is 10.1. The van der Waals surface area contributed by atoms with Crippen molar-refractivity contribution in [3.05, 3.63) is 45.7 Å². The van der Waals surface area contributed by atoms with Gasteiger partial charge < -0.3 is 5.11 Å². The quantitative estimate of drug-likeness (QED) is 0.844. The van der Waals surface area contributed by atoms with Crippen LogP contribution in [-0.4, -0.2) is 15.1 Å². The van der Waals surface area contributed by atoms with Gasteiger partial charge in [-0.3, -0.25) is 0 Å². The Bertz CT molecular complexity index is 433. The summed E-state index contributed by atoms with van der Waals surface area (Å²) in [5.74, 6) is 0. The highest BCUT2D eigenvalue weighted by atomic mass is 32.1. The molecule has 4 heteroatoms. The van der Waals surface area contributed by atoms with Crippen LogP contribution in [-0.2, 0) is 0 Å². The Balaban J connectivity index is 2.32. The molecule has 2 heterocycles. The number of nitrogens with zero attached hydrogens (tertiary/aromatic N) is 2. The normalized spacial score (nSPS) is 12.7. The Kier molecular flexibility index (Phi) is 2.79. The number of hydrogen-bond donors (Lipinski definition) is 1. The standard InChI is InChI=1S/C11H12N2OS/c1-7-3-10(15-8(7)2)11(14)9-4-12-6-13-5-9/h3-6,11,14H,1-2H3. The maximum Gasteiger partial charge on any atom is 0.116 e. The molecule has 0 aliphatic rings. The van der Waals surface area contributed by atoms with Gasteiger partial charge in [-0.05, 0) is 25.5 Å². The van der Waals surface area contributed by atoms with Gasteiger partial charge in [0.1, 0.15) is 12.4 Å². The molecule has 0 spiro atoms. The zero-order chi connectivity index (χ0) is 10.8. The number of hydrogen-bond acceptors (Lipinski definition) is 4. The van der Waals surface area contributed by atoms with E-state index >= 15 is 0 Å². The summed E-state index contributed by atoms with van der Waals surface area (Å²) in [4.78, 5) is 9.97. The Morgan fingerprint density at radius 1 is 1.27 bits per heavy atom. The predicted molar refractivity (Wildman–Crippen MR) is 59.9 cm³/mol. The summed E-state index contributed by atoms with van der Waals surface area (Å²) in [6.07, 6.45) is 4.13. The predicted octanol–water partition coefficient (Wildman–Crippen LogP) is 2.24. The SMILES string of the molecule is Cc1cc(C(O)c2cncnc2)sc1C. The van der Waals surface area contributed by atoms with Crippen molar-refractivity contribution in [2.75, 3.05) is 0 Å². The number of aliphatic hydroxyl groups excluding tert-OH is 1. The molecule has 0 radical (unpaired) electrons. The molecule has 2 rings (SSSR count). The molecule has 1 unspecified atom stereocenters. The second-order valence-corrected chi connectivity index (χ2v) is 4.75. The summed E-state index contributed by atoms with van der Waals surface area (Å²) in [5, 5.41) is 10.1. The molecule has 0 bridgehead atoms. The first kappa shape index (κ1) is 10.3. The molecule has 0 amide bonds. The van der Waals surface area contributed by atoms with E-state index in [1.54, 1.807) is 23.7 Å². The summed E-state index contributed by atoms with van der Waals surface area (Å²) in [6.45, 7) is 4.10. The molecule has 78 valence electrons. The third kappa shape index (κ3) is 2.06. The first-order valence-corrected chi connectivity index (χ1v) is 5.50. The highest BCUT2D eigenvalue weighted by molar-refractivity contribution is 7.12. The maximum atomic E-state index is 10.1. The van der Waals surface area contributed by atoms with Crippen molar-refractivity contribution in [2.45, 2.75) is 20.0 Å². The Morgan fingerprint density at radius 3 is 2.47 bits per heavy atom. The van der Waals surface area contributed by atoms with Gasteiger partial charge in [-0.25, -0.2) is 9.97 Å². The van der Waals surface area contributed by atoms with Crippen LogP contribution < -0.4 is 0 Å². The van der Waals surface area contributed by atoms with Gasteiger partial charge in [-0.15, -0.1) is 11.3 Å². The van der Waals surface area contributed by atoms with Crippen LogP contribution in [0.5, 0.6) is 0 Å². The van der Waals surface area contributed by atoms with Crippen molar-refractivity contribution in [3.8, 4) is 0 Å². The molecule has 0 aromatic carbocycles. The number of thiophene rings is 1. The molecule has 15 heavy (non-hydrogen) atoms. The molecule has 1 atom stereocenters. The summed E-state index contributed by atoms with van der Waals surface area (Å²) in [6, 6.07) is 2.01. The lowest BCUT2D eigenvalue weighted by Gasteiger charge is -2.06. The minimum Gasteiger partial charge on any atom is -0.383 e. The van der Waals surface area contributed by atoms with Crippen molar-refractivity contribution in [2.24, 2.45) is 0 Å². The van der Waals surface area contributed by atoms with Crippen molar-refractivity contribution < 1.29 is 5.11 Å². The number of rotatable bonds is 2. The Morgan fingerprint density at radius 2 is 1.93 bits per heavy atom. The fourth-order valence-electron chi connectivity index (χ4n) is 1.35. The molecule has 0 saturated carbocycles. The van der Waals surface area contributed by atoms with E-state index in [1.807, 2.05) is 13.0 Å². The summed E-state index contributed by atoms with van der Waals surface area (Å²) < 4.78 is 0. The van der Waals surface area contributed by atoms with Crippen LogP contribution in [0.15, 0.2) is 24.8 Å². The lowest BCUT2D eigenvalue weighted by atomic mass is 10.1. The van der Waals surface area contributed by atoms with E-state index < -0.39 is 6.10 Å². The van der Waals surface area contributed by atoms with Gasteiger partial charge >= 0.3 is 0 Å². The first-order chi connectivity index (χ1) is 7.18. The van der Waals surface area contributed by atoms with Crippen molar-refractivity contribution in [3.63, 3.8) is 0 Å². The molecule has 0 saturated heterocycles. The minimum atomic E-state index is -0.608. The van der Waals surface area contributed by atoms with E-state index in [4.69, 9.17) is 0 Å². The second-order valence-electron chi connectivity index (χ2n) is 3.46. The topological polar surface area (TPSA) is 46.0 Å². The third-order valence-electron chi connectivity index (χ3n) is 2.35. The zero-order valence-electron chi connectivity index (χ0n) is 8.64. The highest BCUT2D eigenvalue weighted by Crippen LogP contribution is 2.29. The van der Waals surface area contributed by atoms with Crippen LogP contribution in [0.1, 0.15) is 27.0 Å². The molecule has 3 nitrogen and oxygen atoms in total. The number of aliphatic hydroxyl groups is 1. The van der Waals surface area contributed by atoms with Crippen LogP contribution in [0, 0.1) is 13.8 Å². The van der Waals surface area contributed by atoms with E-state index in [2.05, 4.69) is 16.9 Å². The molecule has 2 aromatic heterocycles. The smallest absolute Gasteiger partial charge is 0.116 e. The third-order valence-corrected chi connectivity index (χ3v) is 3.56. The van der Waals surface area contributed by atoms with Crippen molar-refractivity contribution in [1.29, 1.82) is 0 Å². The van der Waals surface area contributed by atoms with Crippen LogP contribution in [0.2, 0.25) is 0 Å². The van der Waals surface area contributed by atoms with E-state index in [-0.39, 0.29) is 0 Å². The zero-order valence-corrected chi connectivity index (χ0v) is 9.45. The molecule has 0 aliphatic heterocycles. The van der Waals surface area contributed by atoms with Gasteiger partial charge in [0.25, 0.3) is 0 Å². The molecular formula is C11H12N2OS. The molecule has 1 N–H and O–H groups in total. The average Bonchev–Trinajstić information content (AvgIpc) is 2.59. The van der Waals surface area contributed by atoms with Crippen LogP contribution in [0.25, 0.3) is 0 Å². The van der Waals surface area contributed by atoms with Gasteiger partial charge in [0.05, 0.1) is 0 Å². The molecule has 0 aliphatic carbocycles. The highest BCUT2D eigenvalue weighted by Gasteiger charge is 2.14. The molecule has 0 fully saturated rings. The van der Waals surface area contributed by atoms with Gasteiger partial charge in [-0.2, -0.15) is 0 Å². The fourth-order valence-corrected chi connectivity index (χ4v) is 2.41. The monoisotopic (exact) mass is 220 g/mol. The van der Waals surface area contributed by atoms with Crippen LogP contribution in [0.4, 0.5) is 0 Å². The number of aryl methyl sites for hydroxylation is 2. The summed E-state index contributed by atoms with van der Waals surface area (Å²) in [7, 11) is 0. The summed E-state index contributed by atoms with van der Waals surface area (Å²) in [5.41, 5.74) is 1.95. The van der Waals surface area contributed by atoms with E-state index in [0.717, 1.165) is 10.4 Å². The van der Waals surface area contributed by atoms with Gasteiger partial charge in [-0.1, -0.05) is 0 Å². The largest absolute Gasteiger partial charge is 0.383 e. The van der Waals surface area contributed by atoms with Crippen molar-refractivity contribution >= 4 is 11.3 Å². The summed E-state index contributed by atoms with van der Waals surface area (Å²) >= 11 is 1.61. The van der Waals surface area contributed by atoms with Crippen molar-refractivity contribution in [1.82, 2.24) is 9.97 Å². The lowest BCUT2D eigenvalue weighted by molar-refractivity contribution is 0.223. The second kappa shape index (κ2) is 4.08. The van der Waals surface area contributed by atoms with Crippen LogP contribution >= 0.6 is 11.3 Å². The molecule has 2 aromatic rings. The average molecular weight is 220 g/mol. The minimum absolute atomic E-state index is 0.608. The number of aromatic nitrogens is 2. The van der Waals surface area contributed by atoms with E-state index in [0.29, 0.717) is 0 Å². The van der Waals surface area contributed by atoms with E-state index in [9.17, 15) is 5.11 Å². The van der Waals surface area contributed by atoms with Gasteiger partial charge in [0.15, 0.2) is 0 Å². The lowest BCUT2D eigenvalue weighted by Crippen LogP contribution is -1.98.